The highest BCUT2D eigenvalue weighted by molar-refractivity contribution is 5.72. The van der Waals surface area contributed by atoms with Crippen LogP contribution in [-0.2, 0) is 13.1 Å². The molecule has 3 aromatic rings. The minimum Gasteiger partial charge on any atom is -0.872 e. The maximum Gasteiger partial charge on any atom is 0.356 e. The summed E-state index contributed by atoms with van der Waals surface area (Å²) in [6.07, 6.45) is 3.57. The van der Waals surface area contributed by atoms with E-state index in [0.717, 1.165) is 35.6 Å². The molecule has 0 atom stereocenters. The summed E-state index contributed by atoms with van der Waals surface area (Å²) in [5, 5.41) is 15.4. The summed E-state index contributed by atoms with van der Waals surface area (Å²) >= 11 is 0. The van der Waals surface area contributed by atoms with Gasteiger partial charge in [0.05, 0.1) is 13.1 Å². The maximum absolute atomic E-state index is 12.0. The third kappa shape index (κ3) is 3.53. The van der Waals surface area contributed by atoms with Gasteiger partial charge < -0.3 is 5.11 Å². The van der Waals surface area contributed by atoms with Gasteiger partial charge in [-0.2, -0.15) is 0 Å². The summed E-state index contributed by atoms with van der Waals surface area (Å²) in [6.45, 7) is 5.72. The normalized spacial score (nSPS) is 11.1. The molecule has 0 spiro atoms. The Balaban J connectivity index is 1.85. The SMILES string of the molecule is CCCCC[n+]1c(NCc2cc(C)ccc2[O-])[nH]c2ccccc21. The molecule has 2 N–H and O–H groups in total. The van der Waals surface area contributed by atoms with E-state index in [4.69, 9.17) is 0 Å². The maximum atomic E-state index is 12.0. The average Bonchev–Trinajstić information content (AvgIpc) is 2.94. The lowest BCUT2D eigenvalue weighted by atomic mass is 10.1. The molecule has 0 aliphatic rings. The summed E-state index contributed by atoms with van der Waals surface area (Å²) in [4.78, 5) is 3.45. The summed E-state index contributed by atoms with van der Waals surface area (Å²) in [5.41, 5.74) is 4.22. The summed E-state index contributed by atoms with van der Waals surface area (Å²) < 4.78 is 2.28. The van der Waals surface area contributed by atoms with Gasteiger partial charge in [-0.05, 0) is 31.0 Å². The first-order valence-electron chi connectivity index (χ1n) is 8.70. The first kappa shape index (κ1) is 16.4. The number of fused-ring (bicyclic) bond motifs is 1. The molecular weight excluding hydrogens is 298 g/mol. The fourth-order valence-electron chi connectivity index (χ4n) is 3.05. The highest BCUT2D eigenvalue weighted by atomic mass is 16.3. The Labute approximate surface area is 143 Å². The zero-order valence-electron chi connectivity index (χ0n) is 14.4. The molecule has 0 radical (unpaired) electrons. The first-order valence-corrected chi connectivity index (χ1v) is 8.70. The lowest BCUT2D eigenvalue weighted by molar-refractivity contribution is -0.657. The molecule has 0 saturated carbocycles. The second kappa shape index (κ2) is 7.39. The molecule has 2 aromatic carbocycles. The molecule has 0 saturated heterocycles. The van der Waals surface area contributed by atoms with Crippen molar-refractivity contribution in [3.63, 3.8) is 0 Å². The number of aromatic nitrogens is 2. The van der Waals surface area contributed by atoms with E-state index in [1.165, 1.54) is 18.4 Å². The number of benzene rings is 2. The Hall–Kier alpha value is -2.49. The number of unbranched alkanes of at least 4 members (excludes halogenated alkanes) is 2. The number of aryl methyl sites for hydroxylation is 2. The predicted molar refractivity (Wildman–Crippen MR) is 96.0 cm³/mol. The molecular formula is C20H25N3O. The van der Waals surface area contributed by atoms with Crippen LogP contribution in [0.4, 0.5) is 5.95 Å². The molecule has 0 aliphatic carbocycles. The molecule has 0 amide bonds. The van der Waals surface area contributed by atoms with E-state index >= 15 is 0 Å². The number of nitrogens with one attached hydrogen (secondary N) is 2. The molecule has 0 unspecified atom stereocenters. The van der Waals surface area contributed by atoms with Gasteiger partial charge in [0, 0.05) is 0 Å². The van der Waals surface area contributed by atoms with Crippen molar-refractivity contribution in [3.8, 4) is 5.75 Å². The summed E-state index contributed by atoms with van der Waals surface area (Å²) in [7, 11) is 0. The van der Waals surface area contributed by atoms with Gasteiger partial charge in [0.25, 0.3) is 0 Å². The van der Waals surface area contributed by atoms with Crippen molar-refractivity contribution >= 4 is 17.0 Å². The predicted octanol–water partition coefficient (Wildman–Crippen LogP) is 3.64. The van der Waals surface area contributed by atoms with Crippen molar-refractivity contribution in [1.82, 2.24) is 4.98 Å². The van der Waals surface area contributed by atoms with Crippen LogP contribution in [-0.4, -0.2) is 4.98 Å². The average molecular weight is 323 g/mol. The second-order valence-electron chi connectivity index (χ2n) is 6.31. The van der Waals surface area contributed by atoms with Crippen LogP contribution in [0.15, 0.2) is 42.5 Å². The van der Waals surface area contributed by atoms with Crippen molar-refractivity contribution in [2.24, 2.45) is 0 Å². The number of hydrogen-bond acceptors (Lipinski definition) is 2. The largest absolute Gasteiger partial charge is 0.872 e. The Morgan fingerprint density at radius 3 is 2.79 bits per heavy atom. The number of para-hydroxylation sites is 2. The van der Waals surface area contributed by atoms with Crippen LogP contribution in [0, 0.1) is 6.92 Å². The monoisotopic (exact) mass is 323 g/mol. The van der Waals surface area contributed by atoms with Crippen LogP contribution < -0.4 is 15.0 Å². The molecule has 0 bridgehead atoms. The zero-order chi connectivity index (χ0) is 16.9. The number of rotatable bonds is 7. The smallest absolute Gasteiger partial charge is 0.356 e. The molecule has 3 rings (SSSR count). The fraction of sp³-hybridized carbons (Fsp3) is 0.350. The van der Waals surface area contributed by atoms with Gasteiger partial charge in [0.15, 0.2) is 0 Å². The van der Waals surface area contributed by atoms with Gasteiger partial charge in [-0.1, -0.05) is 55.7 Å². The number of hydrogen-bond donors (Lipinski definition) is 2. The van der Waals surface area contributed by atoms with Gasteiger partial charge in [0.2, 0.25) is 0 Å². The number of imidazole rings is 1. The Kier molecular flexibility index (Phi) is 5.04. The van der Waals surface area contributed by atoms with Crippen molar-refractivity contribution in [2.45, 2.75) is 46.2 Å². The van der Waals surface area contributed by atoms with Crippen LogP contribution in [0.2, 0.25) is 0 Å². The summed E-state index contributed by atoms with van der Waals surface area (Å²) in [6, 6.07) is 13.8. The third-order valence-electron chi connectivity index (χ3n) is 4.37. The van der Waals surface area contributed by atoms with E-state index < -0.39 is 0 Å². The molecule has 4 heteroatoms. The molecule has 0 aliphatic heterocycles. The highest BCUT2D eigenvalue weighted by Gasteiger charge is 2.16. The van der Waals surface area contributed by atoms with Crippen molar-refractivity contribution in [3.05, 3.63) is 53.6 Å². The molecule has 126 valence electrons. The number of anilines is 1. The minimum atomic E-state index is 0.0849. The third-order valence-corrected chi connectivity index (χ3v) is 4.37. The van der Waals surface area contributed by atoms with Crippen LogP contribution in [0.25, 0.3) is 11.0 Å². The lowest BCUT2D eigenvalue weighted by Crippen LogP contribution is -2.36. The van der Waals surface area contributed by atoms with E-state index in [1.54, 1.807) is 6.07 Å². The van der Waals surface area contributed by atoms with Gasteiger partial charge in [-0.3, -0.25) is 5.32 Å². The Morgan fingerprint density at radius 1 is 1.12 bits per heavy atom. The molecule has 1 aromatic heterocycles. The van der Waals surface area contributed by atoms with E-state index in [2.05, 4.69) is 40.0 Å². The molecule has 0 fully saturated rings. The molecule has 1 heterocycles. The first-order chi connectivity index (χ1) is 11.7. The number of H-pyrrole nitrogens is 1. The van der Waals surface area contributed by atoms with Crippen molar-refractivity contribution in [2.75, 3.05) is 5.32 Å². The lowest BCUT2D eigenvalue weighted by Gasteiger charge is -2.13. The van der Waals surface area contributed by atoms with Crippen LogP contribution in [0.1, 0.15) is 37.3 Å². The topological polar surface area (TPSA) is 54.8 Å². The molecule has 4 nitrogen and oxygen atoms in total. The standard InChI is InChI=1S/C20H25N3O/c1-3-4-7-12-23-18-9-6-5-8-17(18)22-20(23)21-14-16-13-15(2)10-11-19(16)24/h5-6,8-11,13H,3-4,7,12,14H2,1-2H3,(H2,21,22,24). The Morgan fingerprint density at radius 2 is 1.96 bits per heavy atom. The highest BCUT2D eigenvalue weighted by Crippen LogP contribution is 2.18. The van der Waals surface area contributed by atoms with Gasteiger partial charge >= 0.3 is 5.95 Å². The number of nitrogens with zero attached hydrogens (tertiary/aromatic N) is 1. The van der Waals surface area contributed by atoms with E-state index in [1.807, 2.05) is 25.1 Å². The Bertz CT molecular complexity index is 823. The second-order valence-corrected chi connectivity index (χ2v) is 6.31. The van der Waals surface area contributed by atoms with Gasteiger partial charge in [-0.25, -0.2) is 9.55 Å². The van der Waals surface area contributed by atoms with E-state index in [9.17, 15) is 5.11 Å². The molecule has 24 heavy (non-hydrogen) atoms. The van der Waals surface area contributed by atoms with Crippen molar-refractivity contribution < 1.29 is 9.67 Å². The fourth-order valence-corrected chi connectivity index (χ4v) is 3.05. The van der Waals surface area contributed by atoms with Crippen molar-refractivity contribution in [1.29, 1.82) is 0 Å². The van der Waals surface area contributed by atoms with Gasteiger partial charge in [-0.15, -0.1) is 5.75 Å². The number of aromatic amines is 1. The van der Waals surface area contributed by atoms with Crippen LogP contribution in [0.3, 0.4) is 0 Å². The summed E-state index contributed by atoms with van der Waals surface area (Å²) in [5.74, 6) is 1.05. The van der Waals surface area contributed by atoms with E-state index in [0.29, 0.717) is 6.54 Å². The zero-order valence-corrected chi connectivity index (χ0v) is 14.4. The van der Waals surface area contributed by atoms with E-state index in [-0.39, 0.29) is 5.75 Å². The van der Waals surface area contributed by atoms with Gasteiger partial charge in [0.1, 0.15) is 11.0 Å². The quantitative estimate of drug-likeness (QED) is 0.515. The van der Waals surface area contributed by atoms with Crippen LogP contribution in [0.5, 0.6) is 5.75 Å². The minimum absolute atomic E-state index is 0.0849. The van der Waals surface area contributed by atoms with Crippen LogP contribution >= 0.6 is 0 Å².